The third-order valence-electron chi connectivity index (χ3n) is 4.96. The van der Waals surface area contributed by atoms with Gasteiger partial charge < -0.3 is 15.5 Å². The number of rotatable bonds is 5. The lowest BCUT2D eigenvalue weighted by atomic mass is 10.1. The van der Waals surface area contributed by atoms with E-state index in [0.717, 1.165) is 48.4 Å². The number of hydrogen-bond acceptors (Lipinski definition) is 3. The Kier molecular flexibility index (Phi) is 6.69. The van der Waals surface area contributed by atoms with Crippen molar-refractivity contribution >= 4 is 23.2 Å². The molecule has 5 nitrogen and oxygen atoms in total. The highest BCUT2D eigenvalue weighted by molar-refractivity contribution is 5.96. The molecule has 5 heteroatoms. The summed E-state index contributed by atoms with van der Waals surface area (Å²) in [7, 11) is 0. The Hall–Kier alpha value is -2.82. The molecule has 148 valence electrons. The molecule has 28 heavy (non-hydrogen) atoms. The molecule has 2 N–H and O–H groups in total. The van der Waals surface area contributed by atoms with Gasteiger partial charge in [0.05, 0.1) is 6.54 Å². The van der Waals surface area contributed by atoms with E-state index in [-0.39, 0.29) is 18.4 Å². The van der Waals surface area contributed by atoms with E-state index < -0.39 is 0 Å². The largest absolute Gasteiger partial charge is 0.376 e. The standard InChI is InChI=1S/C23H29N3O2/c1-17-12-18(2)14-21(13-17)25-22(27)16-24-20-9-7-8-19(15-20)23(28)26-10-5-3-4-6-11-26/h7-9,12-15,24H,3-6,10-11,16H2,1-2H3,(H,25,27). The van der Waals surface area contributed by atoms with E-state index >= 15 is 0 Å². The first-order chi connectivity index (χ1) is 13.5. The molecule has 0 aliphatic carbocycles. The van der Waals surface area contributed by atoms with Gasteiger partial charge in [-0.15, -0.1) is 0 Å². The molecule has 0 aromatic heterocycles. The Labute approximate surface area is 167 Å². The van der Waals surface area contributed by atoms with Gasteiger partial charge in [-0.25, -0.2) is 0 Å². The molecule has 0 radical (unpaired) electrons. The molecule has 0 bridgehead atoms. The van der Waals surface area contributed by atoms with Gasteiger partial charge in [0.25, 0.3) is 5.91 Å². The molecule has 3 rings (SSSR count). The number of likely N-dealkylation sites (tertiary alicyclic amines) is 1. The number of aryl methyl sites for hydroxylation is 2. The summed E-state index contributed by atoms with van der Waals surface area (Å²) < 4.78 is 0. The van der Waals surface area contributed by atoms with Crippen LogP contribution in [0.2, 0.25) is 0 Å². The fourth-order valence-corrected chi connectivity index (χ4v) is 3.65. The smallest absolute Gasteiger partial charge is 0.253 e. The average Bonchev–Trinajstić information content (AvgIpc) is 2.95. The van der Waals surface area contributed by atoms with Crippen LogP contribution in [-0.4, -0.2) is 36.3 Å². The second-order valence-corrected chi connectivity index (χ2v) is 7.57. The number of hydrogen-bond donors (Lipinski definition) is 2. The Morgan fingerprint density at radius 3 is 2.25 bits per heavy atom. The molecular weight excluding hydrogens is 350 g/mol. The third kappa shape index (κ3) is 5.59. The van der Waals surface area contributed by atoms with E-state index in [1.54, 1.807) is 0 Å². The predicted molar refractivity (Wildman–Crippen MR) is 114 cm³/mol. The van der Waals surface area contributed by atoms with Crippen LogP contribution in [0.4, 0.5) is 11.4 Å². The van der Waals surface area contributed by atoms with E-state index in [2.05, 4.69) is 16.7 Å². The highest BCUT2D eigenvalue weighted by atomic mass is 16.2. The number of anilines is 2. The minimum Gasteiger partial charge on any atom is -0.376 e. The van der Waals surface area contributed by atoms with Crippen LogP contribution in [0.3, 0.4) is 0 Å². The van der Waals surface area contributed by atoms with E-state index in [0.29, 0.717) is 5.56 Å². The first-order valence-electron chi connectivity index (χ1n) is 10.0. The maximum absolute atomic E-state index is 12.8. The molecule has 2 aromatic carbocycles. The third-order valence-corrected chi connectivity index (χ3v) is 4.96. The van der Waals surface area contributed by atoms with Crippen molar-refractivity contribution in [2.24, 2.45) is 0 Å². The molecule has 1 aliphatic heterocycles. The Balaban J connectivity index is 1.58. The van der Waals surface area contributed by atoms with Gasteiger partial charge in [0.2, 0.25) is 5.91 Å². The molecule has 0 spiro atoms. The number of carbonyl (C=O) groups excluding carboxylic acids is 2. The number of benzene rings is 2. The van der Waals surface area contributed by atoms with Gasteiger partial charge in [-0.05, 0) is 68.1 Å². The minimum absolute atomic E-state index is 0.0743. The van der Waals surface area contributed by atoms with Crippen LogP contribution >= 0.6 is 0 Å². The van der Waals surface area contributed by atoms with E-state index in [9.17, 15) is 9.59 Å². The van der Waals surface area contributed by atoms with Gasteiger partial charge >= 0.3 is 0 Å². The minimum atomic E-state index is -0.116. The summed E-state index contributed by atoms with van der Waals surface area (Å²) in [5.74, 6) is -0.0421. The lowest BCUT2D eigenvalue weighted by Gasteiger charge is -2.20. The van der Waals surface area contributed by atoms with Crippen molar-refractivity contribution in [1.82, 2.24) is 4.90 Å². The second kappa shape index (κ2) is 9.40. The van der Waals surface area contributed by atoms with E-state index in [4.69, 9.17) is 0 Å². The molecule has 1 heterocycles. The molecule has 2 aromatic rings. The monoisotopic (exact) mass is 379 g/mol. The average molecular weight is 380 g/mol. The zero-order valence-electron chi connectivity index (χ0n) is 16.8. The summed E-state index contributed by atoms with van der Waals surface area (Å²) in [6.07, 6.45) is 4.53. The highest BCUT2D eigenvalue weighted by Crippen LogP contribution is 2.17. The number of amides is 2. The maximum Gasteiger partial charge on any atom is 0.253 e. The Bertz CT molecular complexity index is 819. The van der Waals surface area contributed by atoms with Gasteiger partial charge in [0.1, 0.15) is 0 Å². The molecule has 2 amide bonds. The fraction of sp³-hybridized carbons (Fsp3) is 0.391. The molecule has 0 atom stereocenters. The van der Waals surface area contributed by atoms with Crippen LogP contribution in [0, 0.1) is 13.8 Å². The van der Waals surface area contributed by atoms with Gasteiger partial charge in [0, 0.05) is 30.0 Å². The van der Waals surface area contributed by atoms with Crippen molar-refractivity contribution in [3.8, 4) is 0 Å². The highest BCUT2D eigenvalue weighted by Gasteiger charge is 2.17. The SMILES string of the molecule is Cc1cc(C)cc(NC(=O)CNc2cccc(C(=O)N3CCCCCC3)c2)c1. The van der Waals surface area contributed by atoms with Crippen molar-refractivity contribution in [2.75, 3.05) is 30.3 Å². The van der Waals surface area contributed by atoms with Crippen molar-refractivity contribution in [3.63, 3.8) is 0 Å². The second-order valence-electron chi connectivity index (χ2n) is 7.57. The van der Waals surface area contributed by atoms with Gasteiger partial charge in [-0.2, -0.15) is 0 Å². The summed E-state index contributed by atoms with van der Waals surface area (Å²) in [6.45, 7) is 5.82. The molecule has 1 aliphatic rings. The lowest BCUT2D eigenvalue weighted by molar-refractivity contribution is -0.114. The van der Waals surface area contributed by atoms with Crippen molar-refractivity contribution in [3.05, 3.63) is 59.2 Å². The summed E-state index contributed by atoms with van der Waals surface area (Å²) in [4.78, 5) is 27.0. The Morgan fingerprint density at radius 1 is 0.893 bits per heavy atom. The molecular formula is C23H29N3O2. The van der Waals surface area contributed by atoms with Gasteiger partial charge in [-0.3, -0.25) is 9.59 Å². The zero-order valence-corrected chi connectivity index (χ0v) is 16.8. The summed E-state index contributed by atoms with van der Waals surface area (Å²) >= 11 is 0. The van der Waals surface area contributed by atoms with Crippen molar-refractivity contribution < 1.29 is 9.59 Å². The number of nitrogens with zero attached hydrogens (tertiary/aromatic N) is 1. The van der Waals surface area contributed by atoms with E-state index in [1.807, 2.05) is 55.1 Å². The normalized spacial score (nSPS) is 14.3. The van der Waals surface area contributed by atoms with Crippen LogP contribution in [0.5, 0.6) is 0 Å². The molecule has 1 saturated heterocycles. The van der Waals surface area contributed by atoms with Crippen molar-refractivity contribution in [1.29, 1.82) is 0 Å². The quantitative estimate of drug-likeness (QED) is 0.811. The van der Waals surface area contributed by atoms with Gasteiger partial charge in [-0.1, -0.05) is 25.0 Å². The lowest BCUT2D eigenvalue weighted by Crippen LogP contribution is -2.31. The summed E-state index contributed by atoms with van der Waals surface area (Å²) in [6, 6.07) is 13.4. The first kappa shape index (κ1) is 19.9. The maximum atomic E-state index is 12.8. The van der Waals surface area contributed by atoms with Crippen LogP contribution < -0.4 is 10.6 Å². The van der Waals surface area contributed by atoms with E-state index in [1.165, 1.54) is 12.8 Å². The molecule has 1 fully saturated rings. The fourth-order valence-electron chi connectivity index (χ4n) is 3.65. The topological polar surface area (TPSA) is 61.4 Å². The summed E-state index contributed by atoms with van der Waals surface area (Å²) in [5, 5.41) is 6.03. The first-order valence-corrected chi connectivity index (χ1v) is 10.0. The summed E-state index contributed by atoms with van der Waals surface area (Å²) in [5.41, 5.74) is 4.47. The molecule has 0 saturated carbocycles. The zero-order chi connectivity index (χ0) is 19.9. The van der Waals surface area contributed by atoms with Crippen LogP contribution in [-0.2, 0) is 4.79 Å². The Morgan fingerprint density at radius 2 is 1.57 bits per heavy atom. The molecule has 0 unspecified atom stereocenters. The van der Waals surface area contributed by atoms with Gasteiger partial charge in [0.15, 0.2) is 0 Å². The number of nitrogens with one attached hydrogen (secondary N) is 2. The van der Waals surface area contributed by atoms with Crippen molar-refractivity contribution in [2.45, 2.75) is 39.5 Å². The predicted octanol–water partition coefficient (Wildman–Crippen LogP) is 4.37. The van der Waals surface area contributed by atoms with Crippen LogP contribution in [0.25, 0.3) is 0 Å². The van der Waals surface area contributed by atoms with Crippen LogP contribution in [0.1, 0.15) is 47.2 Å². The van der Waals surface area contributed by atoms with Crippen LogP contribution in [0.15, 0.2) is 42.5 Å². The number of carbonyl (C=O) groups is 2.